The minimum atomic E-state index is -1.11. The van der Waals surface area contributed by atoms with Crippen LogP contribution in [0, 0.1) is 11.6 Å². The molecule has 0 bridgehead atoms. The molecule has 0 amide bonds. The first-order chi connectivity index (χ1) is 21.8. The molecule has 228 valence electrons. The summed E-state index contributed by atoms with van der Waals surface area (Å²) in [4.78, 5) is 0. The average molecular weight is 605 g/mol. The number of rotatable bonds is 7. The summed E-state index contributed by atoms with van der Waals surface area (Å²) in [7, 11) is 4.83. The highest BCUT2D eigenvalue weighted by atomic mass is 19.1. The van der Waals surface area contributed by atoms with Crippen LogP contribution in [0.4, 0.5) is 8.78 Å². The van der Waals surface area contributed by atoms with Gasteiger partial charge in [-0.25, -0.2) is 8.78 Å². The van der Waals surface area contributed by atoms with Crippen molar-refractivity contribution in [3.8, 4) is 34.1 Å². The van der Waals surface area contributed by atoms with Gasteiger partial charge in [-0.1, -0.05) is 50.3 Å². The van der Waals surface area contributed by atoms with Crippen LogP contribution in [-0.2, 0) is 11.0 Å². The Morgan fingerprint density at radius 1 is 0.689 bits per heavy atom. The molecule has 1 unspecified atom stereocenters. The standard InChI is InChI=1S/C39H34F2O4/c1-6-38(7-2)32-22-26(41)12-16-29(32)35-28-15-11-25(40)21-31(28)37-30(36(35)38)18-19-39(45-37,23-8-13-27(42-3)14-9-23)24-10-17-33(43-4)34(20-24)44-5/h8-22H,6-7H2,1-5H3. The molecule has 1 atom stereocenters. The van der Waals surface area contributed by atoms with Crippen LogP contribution >= 0.6 is 0 Å². The summed E-state index contributed by atoms with van der Waals surface area (Å²) < 4.78 is 53.9. The lowest BCUT2D eigenvalue weighted by Crippen LogP contribution is -2.35. The van der Waals surface area contributed by atoms with Crippen molar-refractivity contribution >= 4 is 16.8 Å². The zero-order chi connectivity index (χ0) is 31.5. The van der Waals surface area contributed by atoms with Crippen molar-refractivity contribution in [3.05, 3.63) is 124 Å². The van der Waals surface area contributed by atoms with E-state index in [0.717, 1.165) is 57.2 Å². The first kappa shape index (κ1) is 28.9. The summed E-state index contributed by atoms with van der Waals surface area (Å²) in [5, 5.41) is 1.53. The zero-order valence-corrected chi connectivity index (χ0v) is 26.0. The highest BCUT2D eigenvalue weighted by Crippen LogP contribution is 2.60. The maximum absolute atomic E-state index is 15.1. The lowest BCUT2D eigenvalue weighted by atomic mass is 9.71. The molecule has 4 nitrogen and oxygen atoms in total. The third kappa shape index (κ3) is 4.08. The second-order valence-electron chi connectivity index (χ2n) is 11.6. The Hall–Kier alpha value is -4.84. The molecule has 5 aromatic rings. The van der Waals surface area contributed by atoms with Gasteiger partial charge in [0.25, 0.3) is 0 Å². The van der Waals surface area contributed by atoms with E-state index in [-0.39, 0.29) is 11.6 Å². The molecule has 7 rings (SSSR count). The van der Waals surface area contributed by atoms with E-state index in [1.54, 1.807) is 33.5 Å². The van der Waals surface area contributed by atoms with Gasteiger partial charge in [-0.05, 0) is 95.1 Å². The smallest absolute Gasteiger partial charge is 0.178 e. The fourth-order valence-electron chi connectivity index (χ4n) is 7.52. The van der Waals surface area contributed by atoms with Crippen LogP contribution < -0.4 is 18.9 Å². The van der Waals surface area contributed by atoms with E-state index in [1.807, 2.05) is 54.6 Å². The first-order valence-corrected chi connectivity index (χ1v) is 15.2. The second kappa shape index (κ2) is 10.7. The number of halogens is 2. The topological polar surface area (TPSA) is 36.9 Å². The van der Waals surface area contributed by atoms with Gasteiger partial charge in [0.15, 0.2) is 17.1 Å². The highest BCUT2D eigenvalue weighted by molar-refractivity contribution is 6.08. The number of hydrogen-bond donors (Lipinski definition) is 0. The molecule has 5 aromatic carbocycles. The molecule has 0 aromatic heterocycles. The van der Waals surface area contributed by atoms with E-state index < -0.39 is 11.0 Å². The van der Waals surface area contributed by atoms with Crippen LogP contribution in [0.2, 0.25) is 0 Å². The minimum Gasteiger partial charge on any atom is -0.497 e. The Labute approximate surface area is 261 Å². The molecule has 0 radical (unpaired) electrons. The minimum absolute atomic E-state index is 0.268. The molecule has 0 fully saturated rings. The monoisotopic (exact) mass is 604 g/mol. The van der Waals surface area contributed by atoms with Gasteiger partial charge in [0.05, 0.1) is 21.3 Å². The van der Waals surface area contributed by atoms with Crippen LogP contribution in [0.15, 0.2) is 84.9 Å². The summed E-state index contributed by atoms with van der Waals surface area (Å²) >= 11 is 0. The normalized spacial score (nSPS) is 17.3. The van der Waals surface area contributed by atoms with Gasteiger partial charge >= 0.3 is 0 Å². The van der Waals surface area contributed by atoms with Crippen molar-refractivity contribution in [1.29, 1.82) is 0 Å². The molecule has 0 N–H and O–H groups in total. The van der Waals surface area contributed by atoms with Gasteiger partial charge in [0.2, 0.25) is 0 Å². The van der Waals surface area contributed by atoms with Gasteiger partial charge in [0.1, 0.15) is 23.1 Å². The summed E-state index contributed by atoms with van der Waals surface area (Å²) in [5.74, 6) is 1.82. The van der Waals surface area contributed by atoms with Crippen molar-refractivity contribution in [2.75, 3.05) is 21.3 Å². The third-order valence-corrected chi connectivity index (χ3v) is 9.79. The Morgan fingerprint density at radius 3 is 2.07 bits per heavy atom. The van der Waals surface area contributed by atoms with Crippen molar-refractivity contribution in [2.24, 2.45) is 0 Å². The van der Waals surface area contributed by atoms with Crippen molar-refractivity contribution in [2.45, 2.75) is 37.7 Å². The van der Waals surface area contributed by atoms with E-state index in [1.165, 1.54) is 12.1 Å². The lowest BCUT2D eigenvalue weighted by molar-refractivity contribution is 0.162. The van der Waals surface area contributed by atoms with Crippen LogP contribution in [0.5, 0.6) is 23.0 Å². The van der Waals surface area contributed by atoms with Crippen molar-refractivity contribution < 1.29 is 27.7 Å². The molecule has 45 heavy (non-hydrogen) atoms. The zero-order valence-electron chi connectivity index (χ0n) is 26.0. The van der Waals surface area contributed by atoms with Crippen LogP contribution in [0.25, 0.3) is 28.0 Å². The Morgan fingerprint density at radius 2 is 1.38 bits per heavy atom. The van der Waals surface area contributed by atoms with Gasteiger partial charge < -0.3 is 18.9 Å². The molecule has 2 aliphatic rings. The quantitative estimate of drug-likeness (QED) is 0.185. The molecule has 1 heterocycles. The van der Waals surface area contributed by atoms with Crippen LogP contribution in [-0.4, -0.2) is 21.3 Å². The molecule has 0 saturated carbocycles. The Bertz CT molecular complexity index is 1990. The first-order valence-electron chi connectivity index (χ1n) is 15.2. The van der Waals surface area contributed by atoms with E-state index >= 15 is 4.39 Å². The molecule has 1 aliphatic carbocycles. The van der Waals surface area contributed by atoms with Crippen LogP contribution in [0.1, 0.15) is 54.5 Å². The lowest BCUT2D eigenvalue weighted by Gasteiger charge is -2.39. The fourth-order valence-corrected chi connectivity index (χ4v) is 7.52. The third-order valence-electron chi connectivity index (χ3n) is 9.79. The summed E-state index contributed by atoms with van der Waals surface area (Å²) in [5.41, 5.74) is 5.03. The Balaban J connectivity index is 1.57. The summed E-state index contributed by atoms with van der Waals surface area (Å²) in [6, 6.07) is 23.4. The van der Waals surface area contributed by atoms with Crippen molar-refractivity contribution in [1.82, 2.24) is 0 Å². The average Bonchev–Trinajstić information content (AvgIpc) is 3.37. The molecule has 0 spiro atoms. The van der Waals surface area contributed by atoms with E-state index in [0.29, 0.717) is 28.4 Å². The van der Waals surface area contributed by atoms with E-state index in [9.17, 15) is 4.39 Å². The van der Waals surface area contributed by atoms with E-state index in [4.69, 9.17) is 18.9 Å². The van der Waals surface area contributed by atoms with Crippen molar-refractivity contribution in [3.63, 3.8) is 0 Å². The fraction of sp³-hybridized carbons (Fsp3) is 0.231. The number of ether oxygens (including phenoxy) is 4. The van der Waals surface area contributed by atoms with Gasteiger partial charge in [-0.15, -0.1) is 0 Å². The predicted octanol–water partition coefficient (Wildman–Crippen LogP) is 9.58. The Kier molecular flexibility index (Phi) is 6.84. The summed E-state index contributed by atoms with van der Waals surface area (Å²) in [6.07, 6.45) is 5.69. The van der Waals surface area contributed by atoms with Gasteiger partial charge in [-0.2, -0.15) is 0 Å². The van der Waals surface area contributed by atoms with Crippen LogP contribution in [0.3, 0.4) is 0 Å². The number of fused-ring (bicyclic) bond motifs is 8. The number of hydrogen-bond acceptors (Lipinski definition) is 4. The number of benzene rings is 5. The molecular formula is C39H34F2O4. The molecule has 0 saturated heterocycles. The maximum atomic E-state index is 15.1. The second-order valence-corrected chi connectivity index (χ2v) is 11.6. The largest absolute Gasteiger partial charge is 0.497 e. The predicted molar refractivity (Wildman–Crippen MR) is 174 cm³/mol. The molecule has 6 heteroatoms. The van der Waals surface area contributed by atoms with E-state index in [2.05, 4.69) is 26.0 Å². The molecule has 1 aliphatic heterocycles. The van der Waals surface area contributed by atoms with Gasteiger partial charge in [-0.3, -0.25) is 0 Å². The maximum Gasteiger partial charge on any atom is 0.178 e. The SMILES string of the molecule is CCC1(CC)c2cc(F)ccc2-c2c1c1c(c3cc(F)ccc23)OC(c2ccc(OC)cc2)(c2ccc(OC)c(OC)c2)C=C1. The summed E-state index contributed by atoms with van der Waals surface area (Å²) in [6.45, 7) is 4.29. The number of methoxy groups -OCH3 is 3. The van der Waals surface area contributed by atoms with Gasteiger partial charge in [0, 0.05) is 27.5 Å². The molecular weight excluding hydrogens is 570 g/mol. The highest BCUT2D eigenvalue weighted by Gasteiger charge is 2.47.